The van der Waals surface area contributed by atoms with E-state index in [0.29, 0.717) is 29.4 Å². The van der Waals surface area contributed by atoms with Crippen molar-refractivity contribution in [3.05, 3.63) is 30.6 Å². The normalized spacial score (nSPS) is 17.0. The van der Waals surface area contributed by atoms with Gasteiger partial charge in [-0.05, 0) is 12.1 Å². The number of ether oxygens (including phenoxy) is 2. The van der Waals surface area contributed by atoms with Crippen LogP contribution in [0.2, 0.25) is 0 Å². The van der Waals surface area contributed by atoms with E-state index in [1.165, 1.54) is 13.3 Å². The number of rotatable bonds is 5. The molecule has 0 aliphatic carbocycles. The van der Waals surface area contributed by atoms with Gasteiger partial charge in [-0.2, -0.15) is 5.10 Å². The molecular weight excluding hydrogens is 312 g/mol. The highest BCUT2D eigenvalue weighted by molar-refractivity contribution is 6.03. The van der Waals surface area contributed by atoms with E-state index in [1.54, 1.807) is 36.4 Å². The Balaban J connectivity index is 1.74. The van der Waals surface area contributed by atoms with Crippen LogP contribution in [0.5, 0.6) is 11.5 Å². The van der Waals surface area contributed by atoms with Crippen LogP contribution in [0, 0.1) is 5.92 Å². The number of aromatic nitrogens is 2. The average molecular weight is 330 g/mol. The van der Waals surface area contributed by atoms with Gasteiger partial charge in [0, 0.05) is 30.9 Å². The number of aromatic amines is 1. The van der Waals surface area contributed by atoms with E-state index in [2.05, 4.69) is 15.5 Å². The molecule has 1 fully saturated rings. The number of nitrogens with one attached hydrogen (secondary N) is 2. The minimum absolute atomic E-state index is 0.102. The molecule has 3 rings (SSSR count). The fourth-order valence-electron chi connectivity index (χ4n) is 2.69. The monoisotopic (exact) mass is 330 g/mol. The van der Waals surface area contributed by atoms with Crippen molar-refractivity contribution in [3.63, 3.8) is 0 Å². The van der Waals surface area contributed by atoms with Gasteiger partial charge in [0.25, 0.3) is 0 Å². The quantitative estimate of drug-likeness (QED) is 0.864. The van der Waals surface area contributed by atoms with Crippen molar-refractivity contribution >= 4 is 23.2 Å². The zero-order valence-corrected chi connectivity index (χ0v) is 13.4. The minimum atomic E-state index is -0.416. The van der Waals surface area contributed by atoms with Gasteiger partial charge in [-0.3, -0.25) is 14.7 Å². The minimum Gasteiger partial charge on any atom is -0.493 e. The predicted octanol–water partition coefficient (Wildman–Crippen LogP) is 1.42. The van der Waals surface area contributed by atoms with Crippen molar-refractivity contribution in [1.29, 1.82) is 0 Å². The molecule has 1 saturated heterocycles. The second kappa shape index (κ2) is 6.61. The number of H-pyrrole nitrogens is 1. The van der Waals surface area contributed by atoms with Crippen LogP contribution in [0.1, 0.15) is 6.42 Å². The summed E-state index contributed by atoms with van der Waals surface area (Å²) in [7, 11) is 3.09. The van der Waals surface area contributed by atoms with Crippen LogP contribution in [-0.2, 0) is 9.59 Å². The summed E-state index contributed by atoms with van der Waals surface area (Å²) in [5.41, 5.74) is 1.26. The lowest BCUT2D eigenvalue weighted by molar-refractivity contribution is -0.122. The summed E-state index contributed by atoms with van der Waals surface area (Å²) in [5, 5.41) is 9.14. The van der Waals surface area contributed by atoms with Gasteiger partial charge in [0.2, 0.25) is 11.8 Å². The number of carbonyl (C=O) groups excluding carboxylic acids is 2. The summed E-state index contributed by atoms with van der Waals surface area (Å²) in [6, 6.07) is 5.24. The first-order valence-corrected chi connectivity index (χ1v) is 7.44. The molecule has 2 amide bonds. The highest BCUT2D eigenvalue weighted by Crippen LogP contribution is 2.34. The Bertz CT molecular complexity index is 745. The van der Waals surface area contributed by atoms with Gasteiger partial charge in [0.1, 0.15) is 0 Å². The molecule has 24 heavy (non-hydrogen) atoms. The number of benzene rings is 1. The second-order valence-corrected chi connectivity index (χ2v) is 5.42. The van der Waals surface area contributed by atoms with Crippen LogP contribution < -0.4 is 19.7 Å². The number of nitrogens with zero attached hydrogens (tertiary/aromatic N) is 2. The molecule has 1 aliphatic rings. The van der Waals surface area contributed by atoms with E-state index in [1.807, 2.05) is 0 Å². The Morgan fingerprint density at radius 3 is 2.79 bits per heavy atom. The molecule has 126 valence electrons. The molecule has 2 heterocycles. The van der Waals surface area contributed by atoms with Gasteiger partial charge in [0.15, 0.2) is 11.5 Å². The summed E-state index contributed by atoms with van der Waals surface area (Å²) in [6.07, 6.45) is 3.26. The number of hydrogen-bond donors (Lipinski definition) is 2. The molecular formula is C16H18N4O4. The van der Waals surface area contributed by atoms with Crippen LogP contribution in [0.15, 0.2) is 30.6 Å². The van der Waals surface area contributed by atoms with Crippen LogP contribution in [0.3, 0.4) is 0 Å². The molecule has 1 unspecified atom stereocenters. The predicted molar refractivity (Wildman–Crippen MR) is 87.2 cm³/mol. The lowest BCUT2D eigenvalue weighted by Gasteiger charge is -2.18. The van der Waals surface area contributed by atoms with Gasteiger partial charge in [-0.15, -0.1) is 0 Å². The van der Waals surface area contributed by atoms with E-state index in [4.69, 9.17) is 9.47 Å². The maximum Gasteiger partial charge on any atom is 0.229 e. The third-order valence-electron chi connectivity index (χ3n) is 3.94. The first kappa shape index (κ1) is 15.9. The topological polar surface area (TPSA) is 96.5 Å². The Labute approximate surface area is 138 Å². The van der Waals surface area contributed by atoms with Gasteiger partial charge < -0.3 is 19.7 Å². The zero-order chi connectivity index (χ0) is 17.1. The molecule has 1 aliphatic heterocycles. The van der Waals surface area contributed by atoms with Crippen LogP contribution in [0.25, 0.3) is 0 Å². The van der Waals surface area contributed by atoms with Gasteiger partial charge in [0.05, 0.1) is 32.0 Å². The third kappa shape index (κ3) is 3.03. The number of anilines is 2. The molecule has 2 aromatic rings. The summed E-state index contributed by atoms with van der Waals surface area (Å²) >= 11 is 0. The van der Waals surface area contributed by atoms with Crippen LogP contribution in [-0.4, -0.2) is 42.8 Å². The fraction of sp³-hybridized carbons (Fsp3) is 0.312. The number of hydrogen-bond acceptors (Lipinski definition) is 5. The van der Waals surface area contributed by atoms with E-state index in [0.717, 1.165) is 0 Å². The standard InChI is InChI=1S/C16H18N4O4/c1-23-13-4-3-12(6-14(13)24-2)20-9-10(5-15(20)21)16(22)19-11-7-17-18-8-11/h3-4,6-8,10H,5,9H2,1-2H3,(H,17,18)(H,19,22). The van der Waals surface area contributed by atoms with Crippen molar-refractivity contribution in [1.82, 2.24) is 10.2 Å². The summed E-state index contributed by atoms with van der Waals surface area (Å²) in [6.45, 7) is 0.317. The van der Waals surface area contributed by atoms with Gasteiger partial charge in [-0.25, -0.2) is 0 Å². The number of amides is 2. The highest BCUT2D eigenvalue weighted by atomic mass is 16.5. The van der Waals surface area contributed by atoms with E-state index in [9.17, 15) is 9.59 Å². The number of carbonyl (C=O) groups is 2. The van der Waals surface area contributed by atoms with Crippen molar-refractivity contribution in [2.75, 3.05) is 31.0 Å². The fourth-order valence-corrected chi connectivity index (χ4v) is 2.69. The molecule has 1 aromatic carbocycles. The smallest absolute Gasteiger partial charge is 0.229 e. The molecule has 0 radical (unpaired) electrons. The molecule has 0 spiro atoms. The number of methoxy groups -OCH3 is 2. The molecule has 1 atom stereocenters. The lowest BCUT2D eigenvalue weighted by atomic mass is 10.1. The first-order chi connectivity index (χ1) is 11.6. The molecule has 0 bridgehead atoms. The van der Waals surface area contributed by atoms with E-state index < -0.39 is 5.92 Å². The largest absolute Gasteiger partial charge is 0.493 e. The highest BCUT2D eigenvalue weighted by Gasteiger charge is 2.35. The molecule has 1 aromatic heterocycles. The van der Waals surface area contributed by atoms with Crippen molar-refractivity contribution < 1.29 is 19.1 Å². The molecule has 8 heteroatoms. The van der Waals surface area contributed by atoms with Crippen molar-refractivity contribution in [2.24, 2.45) is 5.92 Å². The Morgan fingerprint density at radius 1 is 1.33 bits per heavy atom. The summed E-state index contributed by atoms with van der Waals surface area (Å²) in [5.74, 6) is 0.402. The second-order valence-electron chi connectivity index (χ2n) is 5.42. The Kier molecular flexibility index (Phi) is 4.37. The third-order valence-corrected chi connectivity index (χ3v) is 3.94. The molecule has 0 saturated carbocycles. The van der Waals surface area contributed by atoms with E-state index in [-0.39, 0.29) is 18.2 Å². The maximum atomic E-state index is 12.3. The maximum absolute atomic E-state index is 12.3. The van der Waals surface area contributed by atoms with Crippen molar-refractivity contribution in [2.45, 2.75) is 6.42 Å². The Hall–Kier alpha value is -3.03. The Morgan fingerprint density at radius 2 is 2.12 bits per heavy atom. The van der Waals surface area contributed by atoms with Crippen molar-refractivity contribution in [3.8, 4) is 11.5 Å². The van der Waals surface area contributed by atoms with Gasteiger partial charge >= 0.3 is 0 Å². The average Bonchev–Trinajstić information content (AvgIpc) is 3.23. The zero-order valence-electron chi connectivity index (χ0n) is 13.4. The van der Waals surface area contributed by atoms with Gasteiger partial charge in [-0.1, -0.05) is 0 Å². The molecule has 8 nitrogen and oxygen atoms in total. The first-order valence-electron chi connectivity index (χ1n) is 7.44. The summed E-state index contributed by atoms with van der Waals surface area (Å²) < 4.78 is 10.5. The molecule has 2 N–H and O–H groups in total. The lowest BCUT2D eigenvalue weighted by Crippen LogP contribution is -2.28. The van der Waals surface area contributed by atoms with Crippen LogP contribution >= 0.6 is 0 Å². The SMILES string of the molecule is COc1ccc(N2CC(C(=O)Nc3cn[nH]c3)CC2=O)cc1OC. The van der Waals surface area contributed by atoms with E-state index >= 15 is 0 Å². The summed E-state index contributed by atoms with van der Waals surface area (Å²) in [4.78, 5) is 26.2. The van der Waals surface area contributed by atoms with Crippen LogP contribution in [0.4, 0.5) is 11.4 Å².